The first kappa shape index (κ1) is 29.0. The molecule has 246 valence electrons. The Balaban J connectivity index is 1.21. The van der Waals surface area contributed by atoms with Gasteiger partial charge in [0.05, 0.1) is 38.1 Å². The largest absolute Gasteiger partial charge is 0.309 e. The molecule has 0 N–H and O–H groups in total. The lowest BCUT2D eigenvalue weighted by molar-refractivity contribution is 1.20. The van der Waals surface area contributed by atoms with Gasteiger partial charge in [0.25, 0.3) is 0 Å². The van der Waals surface area contributed by atoms with Crippen molar-refractivity contribution in [3.05, 3.63) is 182 Å². The van der Waals surface area contributed by atoms with Crippen LogP contribution in [0.4, 0.5) is 0 Å². The highest BCUT2D eigenvalue weighted by atomic mass is 32.1. The van der Waals surface area contributed by atoms with Crippen LogP contribution in [-0.2, 0) is 0 Å². The second-order valence-corrected chi connectivity index (χ2v) is 15.1. The molecule has 53 heavy (non-hydrogen) atoms. The Kier molecular flexibility index (Phi) is 5.96. The third-order valence-corrected chi connectivity index (χ3v) is 12.5. The molecule has 3 heterocycles. The number of nitrogens with zero attached hydrogens (tertiary/aromatic N) is 2. The van der Waals surface area contributed by atoms with Crippen molar-refractivity contribution in [2.24, 2.45) is 0 Å². The first-order valence-electron chi connectivity index (χ1n) is 18.2. The van der Waals surface area contributed by atoms with Crippen LogP contribution in [-0.4, -0.2) is 9.13 Å². The molecule has 0 fully saturated rings. The Morgan fingerprint density at radius 1 is 0.358 bits per heavy atom. The van der Waals surface area contributed by atoms with Crippen molar-refractivity contribution >= 4 is 96.7 Å². The predicted octanol–water partition coefficient (Wildman–Crippen LogP) is 14.2. The zero-order chi connectivity index (χ0) is 34.6. The van der Waals surface area contributed by atoms with Gasteiger partial charge in [0, 0.05) is 47.8 Å². The monoisotopic (exact) mass is 690 g/mol. The molecule has 12 aromatic rings. The minimum atomic E-state index is 1.20. The number of benzene rings is 9. The van der Waals surface area contributed by atoms with Crippen molar-refractivity contribution < 1.29 is 0 Å². The molecule has 0 aliphatic carbocycles. The van der Waals surface area contributed by atoms with Crippen molar-refractivity contribution in [1.82, 2.24) is 9.13 Å². The fraction of sp³-hybridized carbons (Fsp3) is 0. The van der Waals surface area contributed by atoms with Crippen molar-refractivity contribution in [1.29, 1.82) is 0 Å². The molecule has 0 aliphatic rings. The van der Waals surface area contributed by atoms with Gasteiger partial charge in [0.1, 0.15) is 0 Å². The molecule has 0 unspecified atom stereocenters. The average Bonchev–Trinajstić information content (AvgIpc) is 3.88. The maximum Gasteiger partial charge on any atom is 0.0720 e. The fourth-order valence-electron chi connectivity index (χ4n) is 9.02. The van der Waals surface area contributed by atoms with E-state index in [-0.39, 0.29) is 0 Å². The lowest BCUT2D eigenvalue weighted by atomic mass is 9.95. The molecule has 0 amide bonds. The minimum Gasteiger partial charge on any atom is -0.309 e. The van der Waals surface area contributed by atoms with Crippen LogP contribution in [0.5, 0.6) is 0 Å². The summed E-state index contributed by atoms with van der Waals surface area (Å²) in [5.41, 5.74) is 9.85. The van der Waals surface area contributed by atoms with Gasteiger partial charge in [-0.2, -0.15) is 0 Å². The van der Waals surface area contributed by atoms with Crippen LogP contribution in [0.15, 0.2) is 182 Å². The van der Waals surface area contributed by atoms with E-state index < -0.39 is 0 Å². The zero-order valence-electron chi connectivity index (χ0n) is 28.6. The molecule has 3 heteroatoms. The second kappa shape index (κ2) is 10.9. The number of para-hydroxylation sites is 2. The molecule has 0 spiro atoms. The summed E-state index contributed by atoms with van der Waals surface area (Å²) in [5.74, 6) is 0. The SMILES string of the molecule is c1ccc2c(-n3c4ccccc4c4cc(-c5cc6c7ccccc7n(-c7cccc8ccccc78)c6c6sc7ccccc7c56)ccc43)cccc2c1. The van der Waals surface area contributed by atoms with Crippen molar-refractivity contribution in [3.8, 4) is 22.5 Å². The molecule has 12 rings (SSSR count). The third-order valence-electron chi connectivity index (χ3n) is 11.3. The summed E-state index contributed by atoms with van der Waals surface area (Å²) in [7, 11) is 0. The lowest BCUT2D eigenvalue weighted by Crippen LogP contribution is -1.96. The normalized spacial score (nSPS) is 12.2. The number of rotatable bonds is 3. The van der Waals surface area contributed by atoms with Gasteiger partial charge in [-0.05, 0) is 70.4 Å². The van der Waals surface area contributed by atoms with Gasteiger partial charge in [0.2, 0.25) is 0 Å². The van der Waals surface area contributed by atoms with E-state index in [1.54, 1.807) is 0 Å². The molecule has 9 aromatic carbocycles. The predicted molar refractivity (Wildman–Crippen MR) is 228 cm³/mol. The van der Waals surface area contributed by atoms with Gasteiger partial charge >= 0.3 is 0 Å². The smallest absolute Gasteiger partial charge is 0.0720 e. The molecule has 0 radical (unpaired) electrons. The molecule has 0 saturated carbocycles. The minimum absolute atomic E-state index is 1.20. The third kappa shape index (κ3) is 4.03. The molecule has 2 nitrogen and oxygen atoms in total. The van der Waals surface area contributed by atoms with Crippen molar-refractivity contribution in [2.75, 3.05) is 0 Å². The quantitative estimate of drug-likeness (QED) is 0.175. The summed E-state index contributed by atoms with van der Waals surface area (Å²) in [6.07, 6.45) is 0. The van der Waals surface area contributed by atoms with Crippen LogP contribution in [0, 0.1) is 0 Å². The standard InChI is InChI=1S/C50H30N2S/c1-3-17-34-31(13-1)15-11-24-42(34)51-44-22-8-5-19-36(44)40-29-33(27-28-46(40)51)39-30-41-37-20-6-9-23-45(37)52(43-25-12-16-32-14-2-4-18-35(32)43)49(41)50-48(39)38-21-7-10-26-47(38)53-50/h1-30H. The van der Waals surface area contributed by atoms with Crippen LogP contribution in [0.2, 0.25) is 0 Å². The van der Waals surface area contributed by atoms with Crippen LogP contribution in [0.25, 0.3) is 108 Å². The molecular weight excluding hydrogens is 661 g/mol. The maximum absolute atomic E-state index is 2.52. The van der Waals surface area contributed by atoms with E-state index >= 15 is 0 Å². The molecular formula is C50H30N2S. The maximum atomic E-state index is 2.52. The topological polar surface area (TPSA) is 9.86 Å². The van der Waals surface area contributed by atoms with Gasteiger partial charge in [-0.25, -0.2) is 0 Å². The molecule has 0 atom stereocenters. The van der Waals surface area contributed by atoms with Gasteiger partial charge in [-0.15, -0.1) is 11.3 Å². The Labute approximate surface area is 309 Å². The summed E-state index contributed by atoms with van der Waals surface area (Å²) in [6, 6.07) is 67.1. The number of hydrogen-bond acceptors (Lipinski definition) is 1. The number of thiophene rings is 1. The lowest BCUT2D eigenvalue weighted by Gasteiger charge is -2.14. The molecule has 3 aromatic heterocycles. The summed E-state index contributed by atoms with van der Waals surface area (Å²) < 4.78 is 7.60. The van der Waals surface area contributed by atoms with E-state index in [4.69, 9.17) is 0 Å². The highest BCUT2D eigenvalue weighted by molar-refractivity contribution is 7.26. The van der Waals surface area contributed by atoms with Gasteiger partial charge in [0.15, 0.2) is 0 Å². The van der Waals surface area contributed by atoms with Crippen LogP contribution >= 0.6 is 11.3 Å². The van der Waals surface area contributed by atoms with Crippen LogP contribution in [0.1, 0.15) is 0 Å². The van der Waals surface area contributed by atoms with Gasteiger partial charge < -0.3 is 9.13 Å². The van der Waals surface area contributed by atoms with E-state index in [1.807, 2.05) is 11.3 Å². The Morgan fingerprint density at radius 3 is 1.60 bits per heavy atom. The zero-order valence-corrected chi connectivity index (χ0v) is 29.4. The summed E-state index contributed by atoms with van der Waals surface area (Å²) in [4.78, 5) is 0. The van der Waals surface area contributed by atoms with Gasteiger partial charge in [-0.3, -0.25) is 0 Å². The first-order chi connectivity index (χ1) is 26.3. The van der Waals surface area contributed by atoms with E-state index in [9.17, 15) is 0 Å². The number of hydrogen-bond donors (Lipinski definition) is 0. The number of aromatic nitrogens is 2. The molecule has 0 aliphatic heterocycles. The van der Waals surface area contributed by atoms with E-state index in [1.165, 1.54) is 108 Å². The van der Waals surface area contributed by atoms with Crippen LogP contribution < -0.4 is 0 Å². The Morgan fingerprint density at radius 2 is 0.887 bits per heavy atom. The Bertz CT molecular complexity index is 3460. The van der Waals surface area contributed by atoms with Crippen LogP contribution in [0.3, 0.4) is 0 Å². The summed E-state index contributed by atoms with van der Waals surface area (Å²) >= 11 is 1.91. The van der Waals surface area contributed by atoms with Crippen molar-refractivity contribution in [2.45, 2.75) is 0 Å². The fourth-order valence-corrected chi connectivity index (χ4v) is 10.3. The Hall–Kier alpha value is -6.68. The van der Waals surface area contributed by atoms with E-state index in [0.717, 1.165) is 0 Å². The molecule has 0 saturated heterocycles. The highest BCUT2D eigenvalue weighted by Gasteiger charge is 2.23. The summed E-state index contributed by atoms with van der Waals surface area (Å²) in [5, 5.41) is 12.7. The summed E-state index contributed by atoms with van der Waals surface area (Å²) in [6.45, 7) is 0. The highest BCUT2D eigenvalue weighted by Crippen LogP contribution is 2.48. The average molecular weight is 691 g/mol. The van der Waals surface area contributed by atoms with E-state index in [2.05, 4.69) is 191 Å². The van der Waals surface area contributed by atoms with E-state index in [0.29, 0.717) is 0 Å². The van der Waals surface area contributed by atoms with Crippen molar-refractivity contribution in [3.63, 3.8) is 0 Å². The number of fused-ring (bicyclic) bond motifs is 12. The first-order valence-corrected chi connectivity index (χ1v) is 19.0. The van der Waals surface area contributed by atoms with Gasteiger partial charge in [-0.1, -0.05) is 133 Å². The molecule has 0 bridgehead atoms. The second-order valence-electron chi connectivity index (χ2n) is 14.1.